The molecule has 0 spiro atoms. The monoisotopic (exact) mass is 340 g/mol. The molecular weight excluding hydrogens is 328 g/mol. The Balaban J connectivity index is 2.31. The Bertz CT molecular complexity index is 621. The number of ketones is 1. The summed E-state index contributed by atoms with van der Waals surface area (Å²) in [6.07, 6.45) is 0.0440. The smallest absolute Gasteiger partial charge is 0.306 e. The third kappa shape index (κ3) is 3.04. The first-order valence-electron chi connectivity index (χ1n) is 5.84. The SMILES string of the molecule is Cc1cc2cc(C(=O)C[C@H](C)C(=O)O)sc2cc1Br. The zero-order valence-electron chi connectivity index (χ0n) is 10.6. The molecule has 0 aliphatic heterocycles. The molecule has 0 aliphatic rings. The fraction of sp³-hybridized carbons (Fsp3) is 0.286. The summed E-state index contributed by atoms with van der Waals surface area (Å²) in [6.45, 7) is 3.55. The number of Topliss-reactive ketones (excluding diaryl/α,β-unsaturated/α-hetero) is 1. The molecule has 1 atom stereocenters. The second-order valence-corrected chi connectivity index (χ2v) is 6.55. The number of aliphatic carboxylic acids is 1. The van der Waals surface area contributed by atoms with Crippen LogP contribution in [0.2, 0.25) is 0 Å². The van der Waals surface area contributed by atoms with Gasteiger partial charge in [0.15, 0.2) is 5.78 Å². The molecule has 0 unspecified atom stereocenters. The molecule has 0 saturated carbocycles. The molecule has 19 heavy (non-hydrogen) atoms. The lowest BCUT2D eigenvalue weighted by Gasteiger charge is -2.02. The van der Waals surface area contributed by atoms with E-state index in [4.69, 9.17) is 5.11 Å². The first kappa shape index (κ1) is 14.2. The van der Waals surface area contributed by atoms with Crippen molar-refractivity contribution >= 4 is 49.1 Å². The van der Waals surface area contributed by atoms with Gasteiger partial charge in [0.25, 0.3) is 0 Å². The highest BCUT2D eigenvalue weighted by Gasteiger charge is 2.18. The average molecular weight is 341 g/mol. The van der Waals surface area contributed by atoms with Crippen molar-refractivity contribution in [2.24, 2.45) is 5.92 Å². The summed E-state index contributed by atoms with van der Waals surface area (Å²) < 4.78 is 2.04. The number of rotatable bonds is 4. The molecule has 100 valence electrons. The maximum Gasteiger partial charge on any atom is 0.306 e. The first-order chi connectivity index (χ1) is 8.88. The molecule has 0 radical (unpaired) electrons. The van der Waals surface area contributed by atoms with Gasteiger partial charge in [0.2, 0.25) is 0 Å². The van der Waals surface area contributed by atoms with Crippen molar-refractivity contribution in [1.29, 1.82) is 0 Å². The maximum absolute atomic E-state index is 12.0. The summed E-state index contributed by atoms with van der Waals surface area (Å²) in [6, 6.07) is 5.86. The fourth-order valence-electron chi connectivity index (χ4n) is 1.78. The molecule has 1 aromatic carbocycles. The normalized spacial score (nSPS) is 12.6. The third-order valence-electron chi connectivity index (χ3n) is 2.99. The number of fused-ring (bicyclic) bond motifs is 1. The number of benzene rings is 1. The van der Waals surface area contributed by atoms with Crippen LogP contribution in [0.1, 0.15) is 28.6 Å². The van der Waals surface area contributed by atoms with Gasteiger partial charge in [-0.05, 0) is 36.1 Å². The van der Waals surface area contributed by atoms with Crippen LogP contribution in [-0.4, -0.2) is 16.9 Å². The van der Waals surface area contributed by atoms with Gasteiger partial charge in [0.05, 0.1) is 10.8 Å². The highest BCUT2D eigenvalue weighted by Crippen LogP contribution is 2.31. The quantitative estimate of drug-likeness (QED) is 0.845. The number of thiophene rings is 1. The lowest BCUT2D eigenvalue weighted by molar-refractivity contribution is -0.141. The third-order valence-corrected chi connectivity index (χ3v) is 4.98. The zero-order chi connectivity index (χ0) is 14.2. The largest absolute Gasteiger partial charge is 0.481 e. The van der Waals surface area contributed by atoms with E-state index in [-0.39, 0.29) is 12.2 Å². The van der Waals surface area contributed by atoms with Gasteiger partial charge in [-0.3, -0.25) is 9.59 Å². The van der Waals surface area contributed by atoms with Gasteiger partial charge in [-0.25, -0.2) is 0 Å². The topological polar surface area (TPSA) is 54.4 Å². The molecule has 2 rings (SSSR count). The lowest BCUT2D eigenvalue weighted by atomic mass is 10.0. The van der Waals surface area contributed by atoms with Gasteiger partial charge in [-0.2, -0.15) is 0 Å². The standard InChI is InChI=1S/C14H13BrO3S/c1-7-3-9-5-13(19-12(9)6-10(7)15)11(16)4-8(2)14(17)18/h3,5-6,8H,4H2,1-2H3,(H,17,18)/t8-/m0/s1. The Hall–Kier alpha value is -1.20. The predicted molar refractivity (Wildman–Crippen MR) is 80.0 cm³/mol. The summed E-state index contributed by atoms with van der Waals surface area (Å²) in [5, 5.41) is 9.86. The van der Waals surface area contributed by atoms with Crippen LogP contribution >= 0.6 is 27.3 Å². The number of aryl methyl sites for hydroxylation is 1. The van der Waals surface area contributed by atoms with Gasteiger partial charge in [-0.15, -0.1) is 11.3 Å². The molecule has 5 heteroatoms. The van der Waals surface area contributed by atoms with Gasteiger partial charge in [0, 0.05) is 15.6 Å². The van der Waals surface area contributed by atoms with E-state index in [0.717, 1.165) is 20.1 Å². The molecule has 0 amide bonds. The number of hydrogen-bond donors (Lipinski definition) is 1. The van der Waals surface area contributed by atoms with E-state index in [1.165, 1.54) is 11.3 Å². The van der Waals surface area contributed by atoms with E-state index in [9.17, 15) is 9.59 Å². The zero-order valence-corrected chi connectivity index (χ0v) is 13.0. The van der Waals surface area contributed by atoms with Gasteiger partial charge >= 0.3 is 5.97 Å². The van der Waals surface area contributed by atoms with Gasteiger partial charge in [-0.1, -0.05) is 22.9 Å². The predicted octanol–water partition coefficient (Wildman–Crippen LogP) is 4.27. The molecule has 2 aromatic rings. The van der Waals surface area contributed by atoms with Gasteiger partial charge in [0.1, 0.15) is 0 Å². The van der Waals surface area contributed by atoms with E-state index in [0.29, 0.717) is 4.88 Å². The average Bonchev–Trinajstić information content (AvgIpc) is 2.72. The molecular formula is C14H13BrO3S. The Kier molecular flexibility index (Phi) is 4.06. The lowest BCUT2D eigenvalue weighted by Crippen LogP contribution is -2.13. The van der Waals surface area contributed by atoms with E-state index in [1.54, 1.807) is 6.92 Å². The second kappa shape index (κ2) is 5.43. The van der Waals surface area contributed by atoms with Crippen LogP contribution in [0.15, 0.2) is 22.7 Å². The Morgan fingerprint density at radius 3 is 2.68 bits per heavy atom. The number of carbonyl (C=O) groups is 2. The van der Waals surface area contributed by atoms with Crippen molar-refractivity contribution in [3.63, 3.8) is 0 Å². The van der Waals surface area contributed by atoms with Crippen LogP contribution in [0.5, 0.6) is 0 Å². The van der Waals surface area contributed by atoms with Crippen LogP contribution in [0, 0.1) is 12.8 Å². The fourth-order valence-corrected chi connectivity index (χ4v) is 3.31. The Morgan fingerprint density at radius 1 is 1.37 bits per heavy atom. The minimum Gasteiger partial charge on any atom is -0.481 e. The Labute approximate surface area is 123 Å². The number of carboxylic acids is 1. The number of carbonyl (C=O) groups excluding carboxylic acids is 1. The summed E-state index contributed by atoms with van der Waals surface area (Å²) in [4.78, 5) is 23.4. The highest BCUT2D eigenvalue weighted by molar-refractivity contribution is 9.10. The molecule has 0 saturated heterocycles. The Morgan fingerprint density at radius 2 is 2.05 bits per heavy atom. The van der Waals surface area contributed by atoms with Crippen molar-refractivity contribution in [2.75, 3.05) is 0 Å². The van der Waals surface area contributed by atoms with Crippen molar-refractivity contribution in [3.8, 4) is 0 Å². The summed E-state index contributed by atoms with van der Waals surface area (Å²) in [5.74, 6) is -1.69. The minimum atomic E-state index is -0.937. The molecule has 0 bridgehead atoms. The van der Waals surface area contributed by atoms with Crippen molar-refractivity contribution in [1.82, 2.24) is 0 Å². The second-order valence-electron chi connectivity index (χ2n) is 4.62. The number of carboxylic acid groups (broad SMARTS) is 1. The maximum atomic E-state index is 12.0. The first-order valence-corrected chi connectivity index (χ1v) is 7.45. The van der Waals surface area contributed by atoms with E-state index in [2.05, 4.69) is 15.9 Å². The van der Waals surface area contributed by atoms with Crippen LogP contribution in [0.25, 0.3) is 10.1 Å². The molecule has 1 aromatic heterocycles. The molecule has 3 nitrogen and oxygen atoms in total. The van der Waals surface area contributed by atoms with Crippen LogP contribution < -0.4 is 0 Å². The number of halogens is 1. The van der Waals surface area contributed by atoms with Crippen LogP contribution in [0.3, 0.4) is 0 Å². The van der Waals surface area contributed by atoms with Crippen LogP contribution in [0.4, 0.5) is 0 Å². The van der Waals surface area contributed by atoms with E-state index >= 15 is 0 Å². The molecule has 1 heterocycles. The number of hydrogen-bond acceptors (Lipinski definition) is 3. The molecule has 0 aliphatic carbocycles. The van der Waals surface area contributed by atoms with E-state index in [1.807, 2.05) is 25.1 Å². The summed E-state index contributed by atoms with van der Waals surface area (Å²) in [7, 11) is 0. The van der Waals surface area contributed by atoms with E-state index < -0.39 is 11.9 Å². The van der Waals surface area contributed by atoms with Crippen molar-refractivity contribution in [3.05, 3.63) is 33.1 Å². The van der Waals surface area contributed by atoms with Gasteiger partial charge < -0.3 is 5.11 Å². The molecule has 1 N–H and O–H groups in total. The van der Waals surface area contributed by atoms with Crippen molar-refractivity contribution < 1.29 is 14.7 Å². The van der Waals surface area contributed by atoms with Crippen LogP contribution in [-0.2, 0) is 4.79 Å². The minimum absolute atomic E-state index is 0.0440. The molecule has 0 fully saturated rings. The van der Waals surface area contributed by atoms with Crippen molar-refractivity contribution in [2.45, 2.75) is 20.3 Å². The summed E-state index contributed by atoms with van der Waals surface area (Å²) >= 11 is 4.88. The highest BCUT2D eigenvalue weighted by atomic mass is 79.9. The summed E-state index contributed by atoms with van der Waals surface area (Å²) in [5.41, 5.74) is 1.11.